The average Bonchev–Trinajstić information content (AvgIpc) is 3.20. The predicted molar refractivity (Wildman–Crippen MR) is 218 cm³/mol. The number of rotatable bonds is 25. The number of ether oxygens (including phenoxy) is 4. The van der Waals surface area contributed by atoms with E-state index in [9.17, 15) is 19.8 Å². The van der Waals surface area contributed by atoms with Gasteiger partial charge < -0.3 is 44.2 Å². The molecule has 6 unspecified atom stereocenters. The van der Waals surface area contributed by atoms with Gasteiger partial charge in [-0.2, -0.15) is 0 Å². The van der Waals surface area contributed by atoms with Crippen molar-refractivity contribution in [3.63, 3.8) is 0 Å². The summed E-state index contributed by atoms with van der Waals surface area (Å²) in [5.41, 5.74) is 2.49. The number of methoxy groups -OCH3 is 1. The van der Waals surface area contributed by atoms with E-state index in [2.05, 4.69) is 30.1 Å². The van der Waals surface area contributed by atoms with Gasteiger partial charge in [0.25, 0.3) is 0 Å². The number of likely N-dealkylation sites (N-methyl/N-ethyl adjacent to an activating group) is 1. The maximum absolute atomic E-state index is 13.2. The van der Waals surface area contributed by atoms with Gasteiger partial charge in [-0.25, -0.2) is 9.59 Å². The Bertz CT molecular complexity index is 1450. The molecule has 12 nitrogen and oxygen atoms in total. The van der Waals surface area contributed by atoms with Crippen LogP contribution in [0.1, 0.15) is 128 Å². The van der Waals surface area contributed by atoms with Crippen molar-refractivity contribution in [1.29, 1.82) is 0 Å². The van der Waals surface area contributed by atoms with Crippen LogP contribution in [0.4, 0.5) is 9.59 Å². The molecule has 2 aliphatic carbocycles. The molecular formula is C44H69N3O9. The first-order valence-corrected chi connectivity index (χ1v) is 21.2. The predicted octanol–water partition coefficient (Wildman–Crippen LogP) is 8.66. The van der Waals surface area contributed by atoms with Gasteiger partial charge in [-0.05, 0) is 67.7 Å². The first-order chi connectivity index (χ1) is 27.3. The van der Waals surface area contributed by atoms with Crippen molar-refractivity contribution in [2.45, 2.75) is 134 Å². The monoisotopic (exact) mass is 784 g/mol. The molecular weight excluding hydrogens is 714 g/mol. The topological polar surface area (TPSA) is 148 Å². The van der Waals surface area contributed by atoms with Crippen LogP contribution in [-0.2, 0) is 14.3 Å². The third-order valence-electron chi connectivity index (χ3n) is 11.8. The molecule has 56 heavy (non-hydrogen) atoms. The summed E-state index contributed by atoms with van der Waals surface area (Å²) in [7, 11) is 4.53. The van der Waals surface area contributed by atoms with Crippen LogP contribution in [0, 0.1) is 17.8 Å². The van der Waals surface area contributed by atoms with E-state index in [0.717, 1.165) is 49.7 Å². The van der Waals surface area contributed by atoms with Crippen LogP contribution >= 0.6 is 0 Å². The van der Waals surface area contributed by atoms with Crippen molar-refractivity contribution in [3.8, 4) is 11.5 Å². The van der Waals surface area contributed by atoms with E-state index in [1.165, 1.54) is 70.5 Å². The number of benzene rings is 1. The van der Waals surface area contributed by atoms with Crippen LogP contribution in [-0.4, -0.2) is 92.5 Å². The van der Waals surface area contributed by atoms with Gasteiger partial charge >= 0.3 is 12.2 Å². The number of unbranched alkanes of at least 4 members (excludes halogenated alkanes) is 11. The Labute approximate surface area is 335 Å². The van der Waals surface area contributed by atoms with Crippen LogP contribution in [0.25, 0.3) is 0 Å². The van der Waals surface area contributed by atoms with Crippen LogP contribution in [0.3, 0.4) is 0 Å². The highest BCUT2D eigenvalue weighted by Crippen LogP contribution is 2.61. The van der Waals surface area contributed by atoms with E-state index in [1.807, 2.05) is 12.1 Å². The quantitative estimate of drug-likeness (QED) is 0.0503. The smallest absolute Gasteiger partial charge is 0.412 e. The highest BCUT2D eigenvalue weighted by Gasteiger charge is 2.65. The molecule has 2 amide bonds. The lowest BCUT2D eigenvalue weighted by Gasteiger charge is -2.59. The number of nitrogens with zero attached hydrogens (tertiary/aromatic N) is 2. The molecule has 6 atom stereocenters. The molecule has 4 rings (SSSR count). The number of aliphatic hydroxyl groups excluding tert-OH is 2. The van der Waals surface area contributed by atoms with E-state index in [-0.39, 0.29) is 44.0 Å². The van der Waals surface area contributed by atoms with E-state index < -0.39 is 29.9 Å². The zero-order valence-corrected chi connectivity index (χ0v) is 34.5. The van der Waals surface area contributed by atoms with Crippen molar-refractivity contribution in [2.75, 3.05) is 47.6 Å². The minimum Gasteiger partial charge on any atom is -0.459 e. The summed E-state index contributed by atoms with van der Waals surface area (Å²) in [6.07, 6.45) is 20.0. The Hall–Kier alpha value is -3.61. The molecule has 1 aromatic rings. The number of allylic oxidation sites excluding steroid dienone is 1. The summed E-state index contributed by atoms with van der Waals surface area (Å²) in [6.45, 7) is 7.07. The molecule has 0 radical (unpaired) electrons. The Morgan fingerprint density at radius 3 is 2.30 bits per heavy atom. The number of carbonyl (C=O) groups is 2. The van der Waals surface area contributed by atoms with Crippen molar-refractivity contribution < 1.29 is 43.6 Å². The van der Waals surface area contributed by atoms with Crippen molar-refractivity contribution in [1.82, 2.24) is 10.2 Å². The third kappa shape index (κ3) is 11.5. The molecule has 1 heterocycles. The molecule has 3 aliphatic rings. The van der Waals surface area contributed by atoms with E-state index in [4.69, 9.17) is 23.8 Å². The minimum absolute atomic E-state index is 0.0507. The molecule has 1 aliphatic heterocycles. The molecule has 0 bridgehead atoms. The zero-order valence-electron chi connectivity index (χ0n) is 34.5. The average molecular weight is 784 g/mol. The number of nitrogens with one attached hydrogen (secondary N) is 1. The first-order valence-electron chi connectivity index (χ1n) is 21.2. The number of hydrogen-bond donors (Lipinski definition) is 3. The number of oxime groups is 1. The van der Waals surface area contributed by atoms with Gasteiger partial charge in [0.15, 0.2) is 0 Å². The van der Waals surface area contributed by atoms with Gasteiger partial charge in [-0.1, -0.05) is 94.9 Å². The first kappa shape index (κ1) is 45.1. The molecule has 0 saturated heterocycles. The van der Waals surface area contributed by atoms with Gasteiger partial charge in [0.1, 0.15) is 24.7 Å². The van der Waals surface area contributed by atoms with Crippen LogP contribution in [0.15, 0.2) is 47.7 Å². The highest BCUT2D eigenvalue weighted by molar-refractivity contribution is 6.02. The van der Waals surface area contributed by atoms with Crippen LogP contribution in [0.5, 0.6) is 11.5 Å². The fraction of sp³-hybridized carbons (Fsp3) is 0.705. The van der Waals surface area contributed by atoms with Gasteiger partial charge in [0, 0.05) is 44.7 Å². The molecule has 314 valence electrons. The number of fused-ring (bicyclic) bond motifs is 2. The lowest BCUT2D eigenvalue weighted by molar-refractivity contribution is -0.253. The standard InChI is InChI=1S/C44H69N3O9/c1-6-8-9-10-11-12-13-14-15-18-25-45-42(50)55-33-23-24-38-36(30-33)40-34(22-17-20-27-49)32(21-16-19-26-48)29-35-37(46-53-5)31-39(47(3)43(51)52-4)44(56-38,41(35)40)54-28-7-2/h7,23-24,29-30,32,34,39-41,48-49H,2,6,8-22,25-28,31H2,1,3-5H3,(H,45,50). The molecule has 12 heteroatoms. The van der Waals surface area contributed by atoms with Gasteiger partial charge in [-0.3, -0.25) is 0 Å². The van der Waals surface area contributed by atoms with Crippen LogP contribution in [0.2, 0.25) is 0 Å². The second-order valence-electron chi connectivity index (χ2n) is 15.5. The minimum atomic E-state index is -1.37. The summed E-state index contributed by atoms with van der Waals surface area (Å²) in [4.78, 5) is 33.2. The van der Waals surface area contributed by atoms with E-state index >= 15 is 0 Å². The number of hydrogen-bond acceptors (Lipinski definition) is 10. The Morgan fingerprint density at radius 1 is 0.982 bits per heavy atom. The fourth-order valence-corrected chi connectivity index (χ4v) is 9.12. The lowest BCUT2D eigenvalue weighted by Crippen LogP contribution is -2.69. The second kappa shape index (κ2) is 23.6. The SMILES string of the molecule is C=CCOC12Oc3ccc(OC(=O)NCCCCCCCCCCCC)cc3C3C(CCCCO)C(CCCCO)C=C(C(=NOC)CC1N(C)C(=O)OC)C32. The van der Waals surface area contributed by atoms with Gasteiger partial charge in [0.05, 0.1) is 25.3 Å². The lowest BCUT2D eigenvalue weighted by atomic mass is 9.55. The Balaban J connectivity index is 1.67. The van der Waals surface area contributed by atoms with Crippen LogP contribution < -0.4 is 14.8 Å². The van der Waals surface area contributed by atoms with Gasteiger partial charge in [-0.15, -0.1) is 6.58 Å². The van der Waals surface area contributed by atoms with Gasteiger partial charge in [0.2, 0.25) is 5.79 Å². The third-order valence-corrected chi connectivity index (χ3v) is 11.8. The summed E-state index contributed by atoms with van der Waals surface area (Å²) in [5.74, 6) is -0.933. The summed E-state index contributed by atoms with van der Waals surface area (Å²) in [5, 5.41) is 27.0. The zero-order chi connectivity index (χ0) is 40.3. The molecule has 1 fully saturated rings. The van der Waals surface area contributed by atoms with E-state index in [1.54, 1.807) is 19.2 Å². The maximum Gasteiger partial charge on any atom is 0.412 e. The number of carbonyl (C=O) groups excluding carboxylic acids is 2. The van der Waals surface area contributed by atoms with E-state index in [0.29, 0.717) is 36.6 Å². The summed E-state index contributed by atoms with van der Waals surface area (Å²) >= 11 is 0. The maximum atomic E-state index is 13.2. The highest BCUT2D eigenvalue weighted by atomic mass is 16.7. The largest absolute Gasteiger partial charge is 0.459 e. The summed E-state index contributed by atoms with van der Waals surface area (Å²) in [6, 6.07) is 4.80. The van der Waals surface area contributed by atoms with Crippen molar-refractivity contribution in [2.24, 2.45) is 22.9 Å². The van der Waals surface area contributed by atoms with Crippen molar-refractivity contribution in [3.05, 3.63) is 48.1 Å². The molecule has 0 aromatic heterocycles. The number of aliphatic hydroxyl groups is 2. The molecule has 1 aromatic carbocycles. The molecule has 1 saturated carbocycles. The second-order valence-corrected chi connectivity index (χ2v) is 15.5. The van der Waals surface area contributed by atoms with Crippen molar-refractivity contribution >= 4 is 17.9 Å². The fourth-order valence-electron chi connectivity index (χ4n) is 9.12. The normalized spacial score (nSPS) is 24.3. The molecule has 0 spiro atoms. The Kier molecular flexibility index (Phi) is 19.0. The Morgan fingerprint density at radius 2 is 1.66 bits per heavy atom. The summed E-state index contributed by atoms with van der Waals surface area (Å²) < 4.78 is 24.9. The molecule has 3 N–H and O–H groups in total. The number of amides is 2.